The molecule has 0 fully saturated rings. The van der Waals surface area contributed by atoms with Gasteiger partial charge in [-0.05, 0) is 47.2 Å². The molecule has 0 aliphatic heterocycles. The highest BCUT2D eigenvalue weighted by atomic mass is 79.9. The van der Waals surface area contributed by atoms with Gasteiger partial charge in [-0.25, -0.2) is 0 Å². The molecule has 0 atom stereocenters. The van der Waals surface area contributed by atoms with Crippen LogP contribution in [-0.2, 0) is 13.6 Å². The lowest BCUT2D eigenvalue weighted by Crippen LogP contribution is -2.29. The molecule has 2 aromatic rings. The molecular formula is C14H17BrN4OS. The lowest BCUT2D eigenvalue weighted by molar-refractivity contribution is 0.342. The molecule has 5 nitrogen and oxygen atoms in total. The maximum atomic E-state index is 5.55. The van der Waals surface area contributed by atoms with Crippen LogP contribution < -0.4 is 15.4 Å². The number of nitrogens with zero attached hydrogens (tertiary/aromatic N) is 2. The molecule has 0 unspecified atom stereocenters. The second-order valence-electron chi connectivity index (χ2n) is 4.30. The van der Waals surface area contributed by atoms with Crippen molar-refractivity contribution in [1.82, 2.24) is 15.1 Å². The Labute approximate surface area is 137 Å². The van der Waals surface area contributed by atoms with Crippen LogP contribution in [0.5, 0.6) is 5.75 Å². The van der Waals surface area contributed by atoms with Crippen LogP contribution in [0.1, 0.15) is 12.6 Å². The Morgan fingerprint density at radius 1 is 1.43 bits per heavy atom. The first-order valence-electron chi connectivity index (χ1n) is 6.55. The van der Waals surface area contributed by atoms with E-state index in [-0.39, 0.29) is 0 Å². The molecule has 0 radical (unpaired) electrons. The van der Waals surface area contributed by atoms with Crippen molar-refractivity contribution in [2.45, 2.75) is 13.5 Å². The summed E-state index contributed by atoms with van der Waals surface area (Å²) in [5, 5.41) is 11.0. The maximum absolute atomic E-state index is 5.55. The van der Waals surface area contributed by atoms with E-state index in [1.807, 2.05) is 38.2 Å². The summed E-state index contributed by atoms with van der Waals surface area (Å²) in [6.07, 6.45) is 1.76. The van der Waals surface area contributed by atoms with Gasteiger partial charge in [0, 0.05) is 7.05 Å². The summed E-state index contributed by atoms with van der Waals surface area (Å²) < 4.78 is 8.31. The highest BCUT2D eigenvalue weighted by Gasteiger charge is 2.08. The molecule has 21 heavy (non-hydrogen) atoms. The summed E-state index contributed by atoms with van der Waals surface area (Å²) in [5.41, 5.74) is 1.87. The molecule has 112 valence electrons. The number of anilines is 1. The number of benzene rings is 1. The number of aryl methyl sites for hydroxylation is 1. The van der Waals surface area contributed by atoms with Gasteiger partial charge in [-0.15, -0.1) is 0 Å². The highest BCUT2D eigenvalue weighted by molar-refractivity contribution is 9.10. The van der Waals surface area contributed by atoms with Crippen LogP contribution in [-0.4, -0.2) is 21.5 Å². The molecule has 0 amide bonds. The number of rotatable bonds is 5. The van der Waals surface area contributed by atoms with E-state index in [4.69, 9.17) is 17.0 Å². The van der Waals surface area contributed by atoms with Gasteiger partial charge in [0.25, 0.3) is 0 Å². The van der Waals surface area contributed by atoms with Crippen molar-refractivity contribution in [2.75, 3.05) is 11.9 Å². The summed E-state index contributed by atoms with van der Waals surface area (Å²) in [5.74, 6) is 0.783. The van der Waals surface area contributed by atoms with Crippen molar-refractivity contribution in [3.8, 4) is 5.75 Å². The Morgan fingerprint density at radius 3 is 2.86 bits per heavy atom. The summed E-state index contributed by atoms with van der Waals surface area (Å²) in [4.78, 5) is 0. The largest absolute Gasteiger partial charge is 0.492 e. The smallest absolute Gasteiger partial charge is 0.171 e. The van der Waals surface area contributed by atoms with Crippen molar-refractivity contribution in [3.63, 3.8) is 0 Å². The molecular weight excluding hydrogens is 352 g/mol. The van der Waals surface area contributed by atoms with E-state index in [0.717, 1.165) is 21.6 Å². The zero-order chi connectivity index (χ0) is 15.2. The average molecular weight is 369 g/mol. The molecule has 1 heterocycles. The maximum Gasteiger partial charge on any atom is 0.171 e. The monoisotopic (exact) mass is 368 g/mol. The number of hydrogen-bond donors (Lipinski definition) is 2. The molecule has 0 saturated carbocycles. The molecule has 0 saturated heterocycles. The van der Waals surface area contributed by atoms with Gasteiger partial charge in [0.15, 0.2) is 5.11 Å². The second-order valence-corrected chi connectivity index (χ2v) is 5.56. The van der Waals surface area contributed by atoms with E-state index in [1.54, 1.807) is 10.9 Å². The third kappa shape index (κ3) is 4.18. The van der Waals surface area contributed by atoms with Crippen LogP contribution in [0.3, 0.4) is 0 Å². The fourth-order valence-electron chi connectivity index (χ4n) is 1.82. The Kier molecular flexibility index (Phi) is 5.58. The van der Waals surface area contributed by atoms with E-state index in [1.165, 1.54) is 0 Å². The van der Waals surface area contributed by atoms with Crippen molar-refractivity contribution >= 4 is 38.9 Å². The van der Waals surface area contributed by atoms with E-state index in [0.29, 0.717) is 18.3 Å². The van der Waals surface area contributed by atoms with Gasteiger partial charge < -0.3 is 15.4 Å². The van der Waals surface area contributed by atoms with Gasteiger partial charge in [-0.2, -0.15) is 5.10 Å². The molecule has 0 bridgehead atoms. The van der Waals surface area contributed by atoms with Gasteiger partial charge in [-0.3, -0.25) is 4.68 Å². The van der Waals surface area contributed by atoms with Gasteiger partial charge in [0.05, 0.1) is 35.2 Å². The number of nitrogens with one attached hydrogen (secondary N) is 2. The predicted octanol–water partition coefficient (Wildman–Crippen LogP) is 3.07. The number of thiocarbonyl (C=S) groups is 1. The summed E-state index contributed by atoms with van der Waals surface area (Å²) >= 11 is 8.78. The first-order valence-corrected chi connectivity index (χ1v) is 7.75. The summed E-state index contributed by atoms with van der Waals surface area (Å²) in [6, 6.07) is 7.70. The Hall–Kier alpha value is -1.60. The number of ether oxygens (including phenoxy) is 1. The Bertz CT molecular complexity index is 610. The third-order valence-corrected chi connectivity index (χ3v) is 3.77. The van der Waals surface area contributed by atoms with Crippen LogP contribution in [0.25, 0.3) is 0 Å². The van der Waals surface area contributed by atoms with Crippen molar-refractivity contribution in [1.29, 1.82) is 0 Å². The lowest BCUT2D eigenvalue weighted by atomic mass is 10.3. The molecule has 2 rings (SSSR count). The average Bonchev–Trinajstić information content (AvgIpc) is 2.78. The topological polar surface area (TPSA) is 51.1 Å². The molecule has 0 aliphatic rings. The van der Waals surface area contributed by atoms with Crippen LogP contribution in [0, 0.1) is 0 Å². The molecule has 2 N–H and O–H groups in total. The Balaban J connectivity index is 1.96. The highest BCUT2D eigenvalue weighted by Crippen LogP contribution is 2.23. The van der Waals surface area contributed by atoms with Gasteiger partial charge in [0.2, 0.25) is 0 Å². The zero-order valence-corrected chi connectivity index (χ0v) is 14.3. The minimum Gasteiger partial charge on any atom is -0.492 e. The first kappa shape index (κ1) is 15.8. The quantitative estimate of drug-likeness (QED) is 0.794. The SMILES string of the molecule is CCOc1ccccc1NC(=S)NCc1c(Br)cnn1C. The zero-order valence-electron chi connectivity index (χ0n) is 11.9. The van der Waals surface area contributed by atoms with E-state index < -0.39 is 0 Å². The number of hydrogen-bond acceptors (Lipinski definition) is 3. The Morgan fingerprint density at radius 2 is 2.19 bits per heavy atom. The molecule has 0 aliphatic carbocycles. The summed E-state index contributed by atoms with van der Waals surface area (Å²) in [6.45, 7) is 3.15. The normalized spacial score (nSPS) is 10.2. The molecule has 0 spiro atoms. The first-order chi connectivity index (χ1) is 10.1. The predicted molar refractivity (Wildman–Crippen MR) is 91.6 cm³/mol. The van der Waals surface area contributed by atoms with Crippen molar-refractivity contribution < 1.29 is 4.74 Å². The molecule has 1 aromatic carbocycles. The standard InChI is InChI=1S/C14H17BrN4OS/c1-3-20-13-7-5-4-6-11(13)18-14(21)16-9-12-10(15)8-17-19(12)2/h4-8H,3,9H2,1-2H3,(H2,16,18,21). The summed E-state index contributed by atoms with van der Waals surface area (Å²) in [7, 11) is 1.89. The third-order valence-electron chi connectivity index (χ3n) is 2.86. The fourth-order valence-corrected chi connectivity index (χ4v) is 2.49. The minimum atomic E-state index is 0.537. The minimum absolute atomic E-state index is 0.537. The van der Waals surface area contributed by atoms with E-state index in [9.17, 15) is 0 Å². The fraction of sp³-hybridized carbons (Fsp3) is 0.286. The number of aromatic nitrogens is 2. The lowest BCUT2D eigenvalue weighted by Gasteiger charge is -2.14. The van der Waals surface area contributed by atoms with Crippen LogP contribution in [0.4, 0.5) is 5.69 Å². The second kappa shape index (κ2) is 7.42. The van der Waals surface area contributed by atoms with E-state index >= 15 is 0 Å². The van der Waals surface area contributed by atoms with Crippen LogP contribution in [0.15, 0.2) is 34.9 Å². The molecule has 7 heteroatoms. The van der Waals surface area contributed by atoms with Crippen molar-refractivity contribution in [3.05, 3.63) is 40.6 Å². The number of para-hydroxylation sites is 2. The van der Waals surface area contributed by atoms with Crippen LogP contribution in [0.2, 0.25) is 0 Å². The van der Waals surface area contributed by atoms with Crippen molar-refractivity contribution in [2.24, 2.45) is 7.05 Å². The number of halogens is 1. The molecule has 1 aromatic heterocycles. The van der Waals surface area contributed by atoms with Gasteiger partial charge >= 0.3 is 0 Å². The van der Waals surface area contributed by atoms with E-state index in [2.05, 4.69) is 31.7 Å². The van der Waals surface area contributed by atoms with Crippen LogP contribution >= 0.6 is 28.1 Å². The van der Waals surface area contributed by atoms with Gasteiger partial charge in [0.1, 0.15) is 5.75 Å². The van der Waals surface area contributed by atoms with Gasteiger partial charge in [-0.1, -0.05) is 12.1 Å².